The zero-order valence-electron chi connectivity index (χ0n) is 11.7. The fourth-order valence-electron chi connectivity index (χ4n) is 2.97. The average molecular weight is 246 g/mol. The Morgan fingerprint density at radius 3 is 2.00 bits per heavy atom. The fraction of sp³-hybridized carbons (Fsp3) is 0.158. The lowest BCUT2D eigenvalue weighted by atomic mass is 10.0. The van der Waals surface area contributed by atoms with Gasteiger partial charge >= 0.3 is 0 Å². The summed E-state index contributed by atoms with van der Waals surface area (Å²) in [6, 6.07) is 19.9. The largest absolute Gasteiger partial charge is 0.0683 e. The summed E-state index contributed by atoms with van der Waals surface area (Å²) in [6.45, 7) is 6.17. The zero-order valence-corrected chi connectivity index (χ0v) is 11.7. The molecule has 0 saturated heterocycles. The normalized spacial score (nSPS) is 10.9. The summed E-state index contributed by atoms with van der Waals surface area (Å²) in [7, 11) is 0. The van der Waals surface area contributed by atoms with Gasteiger partial charge in [-0.1, -0.05) is 68.4 Å². The van der Waals surface area contributed by atoms with E-state index in [0.717, 1.165) is 0 Å². The standard InChI is InChI=1S/C17H12.C2H6/c1-11-9-12-5-4-8-15-13-6-2-3-7-14(13)16(10-11)17(12)15;1-2/h2-10H,1H3;1-2H3. The van der Waals surface area contributed by atoms with Crippen molar-refractivity contribution >= 4 is 10.8 Å². The van der Waals surface area contributed by atoms with E-state index in [9.17, 15) is 0 Å². The second-order valence-corrected chi connectivity index (χ2v) is 4.76. The van der Waals surface area contributed by atoms with Crippen LogP contribution < -0.4 is 0 Å². The van der Waals surface area contributed by atoms with Crippen molar-refractivity contribution in [2.45, 2.75) is 20.8 Å². The third-order valence-electron chi connectivity index (χ3n) is 3.63. The fourth-order valence-corrected chi connectivity index (χ4v) is 2.97. The monoisotopic (exact) mass is 246 g/mol. The number of benzene rings is 3. The molecule has 0 amide bonds. The molecule has 94 valence electrons. The average Bonchev–Trinajstić information content (AvgIpc) is 2.78. The van der Waals surface area contributed by atoms with Crippen LogP contribution in [-0.2, 0) is 0 Å². The smallest absolute Gasteiger partial charge is 0.00262 e. The van der Waals surface area contributed by atoms with E-state index in [-0.39, 0.29) is 0 Å². The van der Waals surface area contributed by atoms with Crippen molar-refractivity contribution in [1.29, 1.82) is 0 Å². The van der Waals surface area contributed by atoms with Crippen LogP contribution in [0.4, 0.5) is 0 Å². The van der Waals surface area contributed by atoms with Gasteiger partial charge in [0.2, 0.25) is 0 Å². The summed E-state index contributed by atoms with van der Waals surface area (Å²) in [5, 5.41) is 2.77. The second-order valence-electron chi connectivity index (χ2n) is 4.76. The molecule has 1 aliphatic carbocycles. The first-order chi connectivity index (χ1) is 9.34. The number of hydrogen-bond donors (Lipinski definition) is 0. The van der Waals surface area contributed by atoms with E-state index in [1.807, 2.05) is 13.8 Å². The number of fused-ring (bicyclic) bond motifs is 3. The maximum absolute atomic E-state index is 2.30. The van der Waals surface area contributed by atoms with E-state index < -0.39 is 0 Å². The SMILES string of the molecule is CC.Cc1cc2c3c(cccc3c1)-c1ccccc1-2. The van der Waals surface area contributed by atoms with Gasteiger partial charge in [-0.2, -0.15) is 0 Å². The van der Waals surface area contributed by atoms with Gasteiger partial charge in [-0.3, -0.25) is 0 Å². The van der Waals surface area contributed by atoms with Crippen LogP contribution in [0, 0.1) is 6.92 Å². The van der Waals surface area contributed by atoms with Crippen molar-refractivity contribution in [1.82, 2.24) is 0 Å². The first-order valence-electron chi connectivity index (χ1n) is 6.98. The highest BCUT2D eigenvalue weighted by atomic mass is 14.2. The summed E-state index contributed by atoms with van der Waals surface area (Å²) in [5.41, 5.74) is 6.86. The Morgan fingerprint density at radius 1 is 0.632 bits per heavy atom. The lowest BCUT2D eigenvalue weighted by Crippen LogP contribution is -1.78. The van der Waals surface area contributed by atoms with Crippen LogP contribution in [0.3, 0.4) is 0 Å². The third kappa shape index (κ3) is 1.67. The molecule has 0 aliphatic heterocycles. The summed E-state index contributed by atoms with van der Waals surface area (Å²) >= 11 is 0. The highest BCUT2D eigenvalue weighted by molar-refractivity contribution is 6.15. The molecule has 0 aromatic heterocycles. The predicted octanol–water partition coefficient (Wildman–Crippen LogP) is 5.82. The summed E-state index contributed by atoms with van der Waals surface area (Å²) in [6.07, 6.45) is 0. The molecule has 0 heterocycles. The summed E-state index contributed by atoms with van der Waals surface area (Å²) in [4.78, 5) is 0. The molecule has 0 N–H and O–H groups in total. The Kier molecular flexibility index (Phi) is 2.87. The zero-order chi connectivity index (χ0) is 13.4. The van der Waals surface area contributed by atoms with Gasteiger partial charge in [-0.15, -0.1) is 0 Å². The Morgan fingerprint density at radius 2 is 1.26 bits per heavy atom. The van der Waals surface area contributed by atoms with E-state index in [2.05, 4.69) is 61.5 Å². The number of aryl methyl sites for hydroxylation is 1. The molecule has 0 heteroatoms. The lowest BCUT2D eigenvalue weighted by Gasteiger charge is -2.03. The predicted molar refractivity (Wildman–Crippen MR) is 84.5 cm³/mol. The third-order valence-corrected chi connectivity index (χ3v) is 3.63. The molecule has 0 bridgehead atoms. The van der Waals surface area contributed by atoms with Gasteiger partial charge < -0.3 is 0 Å². The molecule has 0 radical (unpaired) electrons. The van der Waals surface area contributed by atoms with Crippen LogP contribution in [0.2, 0.25) is 0 Å². The summed E-state index contributed by atoms with van der Waals surface area (Å²) in [5.74, 6) is 0. The molecule has 19 heavy (non-hydrogen) atoms. The van der Waals surface area contributed by atoms with Gasteiger partial charge in [-0.05, 0) is 45.5 Å². The van der Waals surface area contributed by atoms with Gasteiger partial charge in [0.25, 0.3) is 0 Å². The van der Waals surface area contributed by atoms with E-state index in [1.54, 1.807) is 0 Å². The van der Waals surface area contributed by atoms with Crippen LogP contribution in [0.25, 0.3) is 33.0 Å². The highest BCUT2D eigenvalue weighted by Crippen LogP contribution is 2.47. The first-order valence-corrected chi connectivity index (χ1v) is 6.98. The topological polar surface area (TPSA) is 0 Å². The minimum Gasteiger partial charge on any atom is -0.0683 e. The first kappa shape index (κ1) is 12.0. The molecule has 0 nitrogen and oxygen atoms in total. The van der Waals surface area contributed by atoms with Crippen LogP contribution in [0.15, 0.2) is 54.6 Å². The van der Waals surface area contributed by atoms with Gasteiger partial charge in [0, 0.05) is 0 Å². The molecule has 0 atom stereocenters. The van der Waals surface area contributed by atoms with Gasteiger partial charge in [0.15, 0.2) is 0 Å². The minimum absolute atomic E-state index is 1.33. The Balaban J connectivity index is 0.000000528. The molecule has 0 fully saturated rings. The highest BCUT2D eigenvalue weighted by Gasteiger charge is 2.20. The van der Waals surface area contributed by atoms with Crippen LogP contribution in [-0.4, -0.2) is 0 Å². The van der Waals surface area contributed by atoms with Crippen molar-refractivity contribution in [2.24, 2.45) is 0 Å². The lowest BCUT2D eigenvalue weighted by molar-refractivity contribution is 1.50. The molecule has 0 spiro atoms. The van der Waals surface area contributed by atoms with Crippen LogP contribution in [0.1, 0.15) is 19.4 Å². The van der Waals surface area contributed by atoms with Crippen molar-refractivity contribution in [3.05, 3.63) is 60.2 Å². The van der Waals surface area contributed by atoms with Crippen LogP contribution >= 0.6 is 0 Å². The van der Waals surface area contributed by atoms with Crippen molar-refractivity contribution in [3.8, 4) is 22.3 Å². The number of hydrogen-bond acceptors (Lipinski definition) is 0. The van der Waals surface area contributed by atoms with E-state index in [0.29, 0.717) is 0 Å². The van der Waals surface area contributed by atoms with Gasteiger partial charge in [-0.25, -0.2) is 0 Å². The Labute approximate surface area is 114 Å². The van der Waals surface area contributed by atoms with Gasteiger partial charge in [0.1, 0.15) is 0 Å². The van der Waals surface area contributed by atoms with E-state index >= 15 is 0 Å². The molecular weight excluding hydrogens is 228 g/mol. The molecule has 0 saturated carbocycles. The number of rotatable bonds is 0. The molecule has 0 unspecified atom stereocenters. The molecule has 1 aliphatic rings. The quantitative estimate of drug-likeness (QED) is 0.366. The van der Waals surface area contributed by atoms with E-state index in [4.69, 9.17) is 0 Å². The van der Waals surface area contributed by atoms with Crippen molar-refractivity contribution < 1.29 is 0 Å². The van der Waals surface area contributed by atoms with Crippen molar-refractivity contribution in [3.63, 3.8) is 0 Å². The maximum Gasteiger partial charge on any atom is -0.00262 e. The molecule has 3 aromatic carbocycles. The van der Waals surface area contributed by atoms with Crippen LogP contribution in [0.5, 0.6) is 0 Å². The Bertz CT molecular complexity index is 751. The molecular formula is C19H18. The molecule has 3 aromatic rings. The Hall–Kier alpha value is -2.08. The van der Waals surface area contributed by atoms with Crippen molar-refractivity contribution in [2.75, 3.05) is 0 Å². The summed E-state index contributed by atoms with van der Waals surface area (Å²) < 4.78 is 0. The second kappa shape index (κ2) is 4.55. The van der Waals surface area contributed by atoms with E-state index in [1.165, 1.54) is 38.6 Å². The molecule has 4 rings (SSSR count). The maximum atomic E-state index is 2.30. The van der Waals surface area contributed by atoms with Gasteiger partial charge in [0.05, 0.1) is 0 Å². The minimum atomic E-state index is 1.33.